The summed E-state index contributed by atoms with van der Waals surface area (Å²) in [5.74, 6) is 0.407. The highest BCUT2D eigenvalue weighted by Gasteiger charge is 2.38. The molecule has 0 saturated carbocycles. The summed E-state index contributed by atoms with van der Waals surface area (Å²) < 4.78 is 8.18. The average Bonchev–Trinajstić information content (AvgIpc) is 3.77. The molecule has 298 valence electrons. The van der Waals surface area contributed by atoms with Gasteiger partial charge < -0.3 is 19.5 Å². The molecule has 7 heteroatoms. The van der Waals surface area contributed by atoms with Crippen molar-refractivity contribution in [1.29, 1.82) is 0 Å². The van der Waals surface area contributed by atoms with E-state index in [1.165, 1.54) is 0 Å². The number of imidazole rings is 1. The van der Waals surface area contributed by atoms with E-state index in [9.17, 15) is 9.59 Å². The first kappa shape index (κ1) is 40.5. The molecule has 0 aliphatic rings. The zero-order valence-electron chi connectivity index (χ0n) is 34.1. The smallest absolute Gasteiger partial charge is 0.243 e. The lowest BCUT2D eigenvalue weighted by atomic mass is 9.77. The van der Waals surface area contributed by atoms with Crippen LogP contribution in [0.5, 0.6) is 5.75 Å². The molecule has 0 saturated heterocycles. The summed E-state index contributed by atoms with van der Waals surface area (Å²) in [7, 11) is 1.73. The first-order valence-electron chi connectivity index (χ1n) is 20.3. The van der Waals surface area contributed by atoms with Crippen LogP contribution in [0.25, 0.3) is 0 Å². The lowest BCUT2D eigenvalue weighted by Gasteiger charge is -2.37. The van der Waals surface area contributed by atoms with Crippen LogP contribution in [-0.4, -0.2) is 45.9 Å². The number of nitrogens with zero attached hydrogens (tertiary/aromatic N) is 3. The molecule has 1 unspecified atom stereocenters. The zero-order chi connectivity index (χ0) is 41.1. The van der Waals surface area contributed by atoms with E-state index in [4.69, 9.17) is 9.72 Å². The van der Waals surface area contributed by atoms with Crippen LogP contribution in [0.2, 0.25) is 0 Å². The number of benzene rings is 6. The van der Waals surface area contributed by atoms with Crippen molar-refractivity contribution in [3.8, 4) is 5.75 Å². The lowest BCUT2D eigenvalue weighted by Crippen LogP contribution is -2.51. The predicted molar refractivity (Wildman–Crippen MR) is 235 cm³/mol. The number of nitrogens with one attached hydrogen (secondary N) is 1. The normalized spacial score (nSPS) is 12.1. The SMILES string of the molecule is CN(C(=O)CCc1cn(C(c2ccccc2)(c2ccccc2)c2ccccc2)cn1)C(Cc1ccc(OCc2ccccc2)cc1)C(=O)NCC(C)(C)c1ccccc1. The lowest BCUT2D eigenvalue weighted by molar-refractivity contribution is -0.139. The highest BCUT2D eigenvalue weighted by Crippen LogP contribution is 2.41. The van der Waals surface area contributed by atoms with Gasteiger partial charge in [0.15, 0.2) is 0 Å². The Hall–Kier alpha value is -6.73. The summed E-state index contributed by atoms with van der Waals surface area (Å²) in [6.07, 6.45) is 4.87. The summed E-state index contributed by atoms with van der Waals surface area (Å²) in [6, 6.07) is 58.6. The van der Waals surface area contributed by atoms with Gasteiger partial charge in [-0.3, -0.25) is 9.59 Å². The van der Waals surface area contributed by atoms with Gasteiger partial charge in [-0.25, -0.2) is 4.98 Å². The van der Waals surface area contributed by atoms with Gasteiger partial charge in [0.2, 0.25) is 11.8 Å². The van der Waals surface area contributed by atoms with Crippen LogP contribution < -0.4 is 10.1 Å². The molecular weight excluding hydrogens is 729 g/mol. The van der Waals surface area contributed by atoms with Crippen molar-refractivity contribution >= 4 is 11.8 Å². The third-order valence-electron chi connectivity index (χ3n) is 11.2. The van der Waals surface area contributed by atoms with Crippen molar-refractivity contribution < 1.29 is 14.3 Å². The van der Waals surface area contributed by atoms with Crippen molar-refractivity contribution in [3.63, 3.8) is 0 Å². The first-order valence-corrected chi connectivity index (χ1v) is 20.3. The summed E-state index contributed by atoms with van der Waals surface area (Å²) in [5, 5.41) is 3.19. The topological polar surface area (TPSA) is 76.5 Å². The van der Waals surface area contributed by atoms with E-state index in [0.29, 0.717) is 26.0 Å². The molecule has 0 radical (unpaired) electrons. The fourth-order valence-corrected chi connectivity index (χ4v) is 7.76. The minimum absolute atomic E-state index is 0.134. The maximum atomic E-state index is 14.1. The number of hydrogen-bond donors (Lipinski definition) is 1. The van der Waals surface area contributed by atoms with E-state index in [2.05, 4.69) is 115 Å². The number of rotatable bonds is 17. The van der Waals surface area contributed by atoms with E-state index < -0.39 is 11.6 Å². The van der Waals surface area contributed by atoms with Gasteiger partial charge in [0.25, 0.3) is 0 Å². The molecule has 0 aliphatic carbocycles. The van der Waals surface area contributed by atoms with E-state index in [1.54, 1.807) is 11.9 Å². The Morgan fingerprint density at radius 2 is 1.15 bits per heavy atom. The summed E-state index contributed by atoms with van der Waals surface area (Å²) in [6.45, 7) is 5.11. The highest BCUT2D eigenvalue weighted by molar-refractivity contribution is 5.88. The van der Waals surface area contributed by atoms with Gasteiger partial charge >= 0.3 is 0 Å². The van der Waals surface area contributed by atoms with Crippen LogP contribution in [0.3, 0.4) is 0 Å². The Morgan fingerprint density at radius 1 is 0.661 bits per heavy atom. The zero-order valence-corrected chi connectivity index (χ0v) is 34.1. The van der Waals surface area contributed by atoms with Crippen molar-refractivity contribution in [2.24, 2.45) is 0 Å². The minimum atomic E-state index is -0.732. The Balaban J connectivity index is 1.10. The van der Waals surface area contributed by atoms with Gasteiger partial charge in [0.1, 0.15) is 23.9 Å². The van der Waals surface area contributed by atoms with Crippen molar-refractivity contribution in [2.75, 3.05) is 13.6 Å². The minimum Gasteiger partial charge on any atom is -0.489 e. The van der Waals surface area contributed by atoms with Crippen LogP contribution in [-0.2, 0) is 40.0 Å². The fraction of sp³-hybridized carbons (Fsp3) is 0.212. The number of amides is 2. The molecule has 6 aromatic carbocycles. The molecule has 7 aromatic rings. The third kappa shape index (κ3) is 9.53. The maximum Gasteiger partial charge on any atom is 0.243 e. The number of carbonyl (C=O) groups is 2. The average molecular weight is 781 g/mol. The van der Waals surface area contributed by atoms with Gasteiger partial charge in [-0.2, -0.15) is 0 Å². The van der Waals surface area contributed by atoms with Gasteiger partial charge in [-0.15, -0.1) is 0 Å². The van der Waals surface area contributed by atoms with Crippen molar-refractivity contribution in [1.82, 2.24) is 19.8 Å². The number of aromatic nitrogens is 2. The monoisotopic (exact) mass is 780 g/mol. The molecule has 1 N–H and O–H groups in total. The standard InChI is InChI=1S/C52H52N4O3/c1-51(2,42-21-11-5-12-22-42)38-53-50(58)48(35-40-29-32-47(33-30-40)59-37-41-19-9-4-10-20-41)55(3)49(57)34-31-46-36-56(39-54-46)52(43-23-13-6-14-24-43,44-25-15-7-16-26-44)45-27-17-8-18-28-45/h4-30,32-33,36,39,48H,31,34-35,37-38H2,1-3H3,(H,53,58). The maximum absolute atomic E-state index is 14.1. The van der Waals surface area contributed by atoms with E-state index in [0.717, 1.165) is 44.8 Å². The second kappa shape index (κ2) is 18.7. The van der Waals surface area contributed by atoms with Crippen molar-refractivity contribution in [3.05, 3.63) is 228 Å². The largest absolute Gasteiger partial charge is 0.489 e. The molecule has 7 nitrogen and oxygen atoms in total. The number of likely N-dealkylation sites (N-methyl/N-ethyl adjacent to an activating group) is 1. The summed E-state index contributed by atoms with van der Waals surface area (Å²) >= 11 is 0. The van der Waals surface area contributed by atoms with Crippen LogP contribution >= 0.6 is 0 Å². The highest BCUT2D eigenvalue weighted by atomic mass is 16.5. The van der Waals surface area contributed by atoms with Gasteiger partial charge in [0.05, 0.1) is 12.0 Å². The number of hydrogen-bond acceptors (Lipinski definition) is 4. The molecule has 0 fully saturated rings. The number of aryl methyl sites for hydroxylation is 1. The Morgan fingerprint density at radius 3 is 1.68 bits per heavy atom. The van der Waals surface area contributed by atoms with Crippen LogP contribution in [0, 0.1) is 0 Å². The molecule has 1 atom stereocenters. The second-order valence-electron chi connectivity index (χ2n) is 15.7. The van der Waals surface area contributed by atoms with E-state index >= 15 is 0 Å². The van der Waals surface area contributed by atoms with Gasteiger partial charge in [-0.05, 0) is 51.9 Å². The molecule has 1 heterocycles. The molecule has 59 heavy (non-hydrogen) atoms. The quantitative estimate of drug-likeness (QED) is 0.0936. The second-order valence-corrected chi connectivity index (χ2v) is 15.7. The Bertz CT molecular complexity index is 2280. The first-order chi connectivity index (χ1) is 28.7. The Labute approximate surface area is 348 Å². The van der Waals surface area contributed by atoms with E-state index in [-0.39, 0.29) is 23.7 Å². The number of carbonyl (C=O) groups excluding carboxylic acids is 2. The van der Waals surface area contributed by atoms with Gasteiger partial charge in [0, 0.05) is 38.0 Å². The van der Waals surface area contributed by atoms with Crippen LogP contribution in [0.1, 0.15) is 59.3 Å². The number of ether oxygens (including phenoxy) is 1. The van der Waals surface area contributed by atoms with Crippen LogP contribution in [0.15, 0.2) is 188 Å². The summed E-state index contributed by atoms with van der Waals surface area (Å²) in [5.41, 5.74) is 6.20. The molecular formula is C52H52N4O3. The molecule has 2 amide bonds. The fourth-order valence-electron chi connectivity index (χ4n) is 7.76. The molecule has 0 aliphatic heterocycles. The molecule has 1 aromatic heterocycles. The molecule has 0 spiro atoms. The van der Waals surface area contributed by atoms with Gasteiger partial charge in [-0.1, -0.05) is 178 Å². The third-order valence-corrected chi connectivity index (χ3v) is 11.2. The van der Waals surface area contributed by atoms with Crippen LogP contribution in [0.4, 0.5) is 0 Å². The van der Waals surface area contributed by atoms with E-state index in [1.807, 2.05) is 97.3 Å². The Kier molecular flexibility index (Phi) is 12.8. The molecule has 0 bridgehead atoms. The molecule has 7 rings (SSSR count). The predicted octanol–water partition coefficient (Wildman–Crippen LogP) is 9.40. The van der Waals surface area contributed by atoms with Crippen molar-refractivity contribution in [2.45, 2.75) is 56.7 Å². The summed E-state index contributed by atoms with van der Waals surface area (Å²) in [4.78, 5) is 34.7.